The smallest absolute Gasteiger partial charge is 0.131 e. The van der Waals surface area contributed by atoms with Gasteiger partial charge in [0.2, 0.25) is 0 Å². The zero-order valence-corrected chi connectivity index (χ0v) is 9.77. The molecule has 1 nitrogen and oxygen atoms in total. The third kappa shape index (κ3) is 2.92. The summed E-state index contributed by atoms with van der Waals surface area (Å²) in [6.45, 7) is 1.67. The van der Waals surface area contributed by atoms with E-state index < -0.39 is 12.0 Å². The van der Waals surface area contributed by atoms with Crippen molar-refractivity contribution in [1.82, 2.24) is 5.32 Å². The van der Waals surface area contributed by atoms with Crippen molar-refractivity contribution < 1.29 is 8.78 Å². The SMILES string of the molecule is Cl.Fc1ccccc1C(F)C1CCNCC1. The second-order valence-electron chi connectivity index (χ2n) is 4.01. The molecule has 0 aliphatic carbocycles. The fraction of sp³-hybridized carbons (Fsp3) is 0.500. The van der Waals surface area contributed by atoms with Gasteiger partial charge in [-0.1, -0.05) is 18.2 Å². The van der Waals surface area contributed by atoms with Gasteiger partial charge in [-0.25, -0.2) is 8.78 Å². The largest absolute Gasteiger partial charge is 0.317 e. The number of rotatable bonds is 2. The van der Waals surface area contributed by atoms with Gasteiger partial charge in [0, 0.05) is 5.56 Å². The van der Waals surface area contributed by atoms with Crippen LogP contribution in [0.5, 0.6) is 0 Å². The van der Waals surface area contributed by atoms with Crippen molar-refractivity contribution in [3.63, 3.8) is 0 Å². The number of hydrogen-bond donors (Lipinski definition) is 1. The summed E-state index contributed by atoms with van der Waals surface area (Å²) in [6.07, 6.45) is 0.415. The average molecular weight is 248 g/mol. The molecule has 0 bridgehead atoms. The van der Waals surface area contributed by atoms with Gasteiger partial charge in [-0.3, -0.25) is 0 Å². The minimum absolute atomic E-state index is 0. The molecule has 0 amide bonds. The van der Waals surface area contributed by atoms with Crippen LogP contribution < -0.4 is 5.32 Å². The van der Waals surface area contributed by atoms with Crippen LogP contribution in [0.2, 0.25) is 0 Å². The molecule has 1 unspecified atom stereocenters. The molecule has 1 aliphatic heterocycles. The van der Waals surface area contributed by atoms with Gasteiger partial charge in [0.1, 0.15) is 12.0 Å². The number of alkyl halides is 1. The van der Waals surface area contributed by atoms with Crippen molar-refractivity contribution in [2.75, 3.05) is 13.1 Å². The highest BCUT2D eigenvalue weighted by Gasteiger charge is 2.26. The Balaban J connectivity index is 0.00000128. The maximum atomic E-state index is 14.0. The van der Waals surface area contributed by atoms with E-state index in [9.17, 15) is 8.78 Å². The Kier molecular flexibility index (Phi) is 5.16. The molecule has 2 rings (SSSR count). The summed E-state index contributed by atoms with van der Waals surface area (Å²) < 4.78 is 27.4. The fourth-order valence-electron chi connectivity index (χ4n) is 2.09. The van der Waals surface area contributed by atoms with Crippen LogP contribution in [-0.2, 0) is 0 Å². The highest BCUT2D eigenvalue weighted by Crippen LogP contribution is 2.33. The quantitative estimate of drug-likeness (QED) is 0.846. The van der Waals surface area contributed by atoms with Crippen LogP contribution in [0.1, 0.15) is 24.6 Å². The van der Waals surface area contributed by atoms with Gasteiger partial charge in [0.05, 0.1) is 0 Å². The van der Waals surface area contributed by atoms with Crippen LogP contribution in [0.25, 0.3) is 0 Å². The van der Waals surface area contributed by atoms with Gasteiger partial charge >= 0.3 is 0 Å². The van der Waals surface area contributed by atoms with E-state index >= 15 is 0 Å². The first kappa shape index (κ1) is 13.4. The zero-order chi connectivity index (χ0) is 10.7. The molecular formula is C12H16ClF2N. The van der Waals surface area contributed by atoms with E-state index in [0.29, 0.717) is 0 Å². The van der Waals surface area contributed by atoms with Crippen LogP contribution in [0, 0.1) is 11.7 Å². The third-order valence-corrected chi connectivity index (χ3v) is 3.00. The van der Waals surface area contributed by atoms with Gasteiger partial charge in [0.15, 0.2) is 0 Å². The molecule has 0 saturated carbocycles. The van der Waals surface area contributed by atoms with Crippen molar-refractivity contribution in [1.29, 1.82) is 0 Å². The summed E-state index contributed by atoms with van der Waals surface area (Å²) in [4.78, 5) is 0. The van der Waals surface area contributed by atoms with Gasteiger partial charge < -0.3 is 5.32 Å². The predicted octanol–water partition coefficient (Wildman–Crippen LogP) is 3.26. The van der Waals surface area contributed by atoms with Crippen LogP contribution in [0.3, 0.4) is 0 Å². The van der Waals surface area contributed by atoms with E-state index in [-0.39, 0.29) is 23.9 Å². The molecule has 1 aromatic carbocycles. The normalized spacial score (nSPS) is 18.9. The van der Waals surface area contributed by atoms with Gasteiger partial charge in [-0.2, -0.15) is 0 Å². The molecular weight excluding hydrogens is 232 g/mol. The summed E-state index contributed by atoms with van der Waals surface area (Å²) in [6, 6.07) is 6.14. The minimum Gasteiger partial charge on any atom is -0.317 e. The van der Waals surface area contributed by atoms with E-state index in [1.807, 2.05) is 0 Å². The molecule has 4 heteroatoms. The second kappa shape index (κ2) is 6.16. The monoisotopic (exact) mass is 247 g/mol. The highest BCUT2D eigenvalue weighted by atomic mass is 35.5. The summed E-state index contributed by atoms with van der Waals surface area (Å²) in [7, 11) is 0. The molecule has 1 aromatic rings. The molecule has 0 aromatic heterocycles. The van der Waals surface area contributed by atoms with E-state index in [1.165, 1.54) is 6.07 Å². The topological polar surface area (TPSA) is 12.0 Å². The third-order valence-electron chi connectivity index (χ3n) is 3.00. The summed E-state index contributed by atoms with van der Waals surface area (Å²) >= 11 is 0. The fourth-order valence-corrected chi connectivity index (χ4v) is 2.09. The molecule has 1 heterocycles. The Morgan fingerprint density at radius 3 is 2.44 bits per heavy atom. The van der Waals surface area contributed by atoms with E-state index in [2.05, 4.69) is 5.32 Å². The molecule has 0 radical (unpaired) electrons. The first-order chi connectivity index (χ1) is 7.29. The van der Waals surface area contributed by atoms with Gasteiger partial charge in [-0.05, 0) is 37.9 Å². The van der Waals surface area contributed by atoms with Crippen LogP contribution in [0.15, 0.2) is 24.3 Å². The number of nitrogens with one attached hydrogen (secondary N) is 1. The lowest BCUT2D eigenvalue weighted by Crippen LogP contribution is -2.30. The molecule has 16 heavy (non-hydrogen) atoms. The summed E-state index contributed by atoms with van der Waals surface area (Å²) in [5.74, 6) is -0.466. The standard InChI is InChI=1S/C12H15F2N.ClH/c13-11-4-2-1-3-10(11)12(14)9-5-7-15-8-6-9;/h1-4,9,12,15H,5-8H2;1H. The Labute approximate surface area is 101 Å². The lowest BCUT2D eigenvalue weighted by molar-refractivity contribution is 0.186. The van der Waals surface area contributed by atoms with E-state index in [1.54, 1.807) is 18.2 Å². The van der Waals surface area contributed by atoms with Crippen LogP contribution in [0.4, 0.5) is 8.78 Å². The van der Waals surface area contributed by atoms with Gasteiger partial charge in [0.25, 0.3) is 0 Å². The van der Waals surface area contributed by atoms with Crippen LogP contribution in [-0.4, -0.2) is 13.1 Å². The number of hydrogen-bond acceptors (Lipinski definition) is 1. The Morgan fingerprint density at radius 2 is 1.81 bits per heavy atom. The maximum absolute atomic E-state index is 14.0. The van der Waals surface area contributed by atoms with Crippen molar-refractivity contribution in [2.24, 2.45) is 5.92 Å². The molecule has 90 valence electrons. The van der Waals surface area contributed by atoms with E-state index in [4.69, 9.17) is 0 Å². The second-order valence-corrected chi connectivity index (χ2v) is 4.01. The Hall–Kier alpha value is -0.670. The number of piperidine rings is 1. The first-order valence-electron chi connectivity index (χ1n) is 5.38. The zero-order valence-electron chi connectivity index (χ0n) is 8.96. The average Bonchev–Trinajstić information content (AvgIpc) is 2.30. The van der Waals surface area contributed by atoms with Gasteiger partial charge in [-0.15, -0.1) is 12.4 Å². The van der Waals surface area contributed by atoms with Crippen molar-refractivity contribution in [3.8, 4) is 0 Å². The molecule has 1 N–H and O–H groups in total. The Morgan fingerprint density at radius 1 is 1.19 bits per heavy atom. The molecule has 1 saturated heterocycles. The molecule has 1 fully saturated rings. The number of benzene rings is 1. The lowest BCUT2D eigenvalue weighted by atomic mass is 9.89. The number of halogens is 3. The molecule has 1 atom stereocenters. The molecule has 1 aliphatic rings. The summed E-state index contributed by atoms with van der Waals surface area (Å²) in [5.41, 5.74) is 0.212. The van der Waals surface area contributed by atoms with Crippen molar-refractivity contribution in [2.45, 2.75) is 19.0 Å². The highest BCUT2D eigenvalue weighted by molar-refractivity contribution is 5.85. The predicted molar refractivity (Wildman–Crippen MR) is 63.1 cm³/mol. The first-order valence-corrected chi connectivity index (χ1v) is 5.38. The van der Waals surface area contributed by atoms with E-state index in [0.717, 1.165) is 25.9 Å². The minimum atomic E-state index is -1.16. The molecule has 0 spiro atoms. The lowest BCUT2D eigenvalue weighted by Gasteiger charge is -2.26. The van der Waals surface area contributed by atoms with Crippen LogP contribution >= 0.6 is 12.4 Å². The van der Waals surface area contributed by atoms with Crippen molar-refractivity contribution >= 4 is 12.4 Å². The van der Waals surface area contributed by atoms with Crippen molar-refractivity contribution in [3.05, 3.63) is 35.6 Å². The Bertz CT molecular complexity index is 327. The maximum Gasteiger partial charge on any atom is 0.131 e. The summed E-state index contributed by atoms with van der Waals surface area (Å²) in [5, 5.41) is 3.18.